The standard InChI is InChI=1S/C10H12FNO2.ClH/c1-14-10(13)9(12)6-7-3-2-4-8(11)5-7;/h2-5,9H,6,12H2,1H3;1H. The molecular weight excluding hydrogens is 221 g/mol. The molecule has 0 amide bonds. The van der Waals surface area contributed by atoms with E-state index >= 15 is 0 Å². The number of hydrogen-bond donors (Lipinski definition) is 1. The molecule has 0 heterocycles. The molecule has 0 spiro atoms. The summed E-state index contributed by atoms with van der Waals surface area (Å²) in [5.41, 5.74) is 6.20. The van der Waals surface area contributed by atoms with Crippen LogP contribution in [0, 0.1) is 5.82 Å². The van der Waals surface area contributed by atoms with E-state index in [-0.39, 0.29) is 24.6 Å². The second-order valence-electron chi connectivity index (χ2n) is 2.96. The average molecular weight is 234 g/mol. The summed E-state index contributed by atoms with van der Waals surface area (Å²) in [6.07, 6.45) is 0.282. The molecule has 0 aromatic heterocycles. The molecule has 0 saturated heterocycles. The molecule has 84 valence electrons. The molecule has 1 atom stereocenters. The summed E-state index contributed by atoms with van der Waals surface area (Å²) in [7, 11) is 1.27. The highest BCUT2D eigenvalue weighted by molar-refractivity contribution is 5.85. The first kappa shape index (κ1) is 13.9. The Balaban J connectivity index is 0.00000196. The lowest BCUT2D eigenvalue weighted by molar-refractivity contribution is -0.142. The molecule has 0 aliphatic carbocycles. The van der Waals surface area contributed by atoms with Gasteiger partial charge in [-0.3, -0.25) is 4.79 Å². The Morgan fingerprint density at radius 2 is 2.27 bits per heavy atom. The first-order valence-corrected chi connectivity index (χ1v) is 4.21. The number of methoxy groups -OCH3 is 1. The van der Waals surface area contributed by atoms with Crippen molar-refractivity contribution >= 4 is 18.4 Å². The Labute approximate surface area is 93.8 Å². The topological polar surface area (TPSA) is 52.3 Å². The SMILES string of the molecule is COC(=O)C(N)Cc1cccc(F)c1.Cl. The van der Waals surface area contributed by atoms with Gasteiger partial charge < -0.3 is 10.5 Å². The van der Waals surface area contributed by atoms with Gasteiger partial charge in [0.05, 0.1) is 7.11 Å². The number of carbonyl (C=O) groups is 1. The zero-order valence-electron chi connectivity index (χ0n) is 8.27. The van der Waals surface area contributed by atoms with Crippen LogP contribution in [0.25, 0.3) is 0 Å². The largest absolute Gasteiger partial charge is 0.468 e. The Bertz CT molecular complexity index is 333. The zero-order chi connectivity index (χ0) is 10.6. The number of esters is 1. The molecule has 0 fully saturated rings. The van der Waals surface area contributed by atoms with Crippen molar-refractivity contribution < 1.29 is 13.9 Å². The summed E-state index contributed by atoms with van der Waals surface area (Å²) in [5, 5.41) is 0. The fourth-order valence-corrected chi connectivity index (χ4v) is 1.15. The van der Waals surface area contributed by atoms with Crippen LogP contribution >= 0.6 is 12.4 Å². The molecule has 1 unspecified atom stereocenters. The van der Waals surface area contributed by atoms with E-state index in [4.69, 9.17) is 5.73 Å². The first-order chi connectivity index (χ1) is 6.63. The third-order valence-electron chi connectivity index (χ3n) is 1.85. The van der Waals surface area contributed by atoms with Gasteiger partial charge in [0, 0.05) is 0 Å². The highest BCUT2D eigenvalue weighted by atomic mass is 35.5. The summed E-state index contributed by atoms with van der Waals surface area (Å²) in [4.78, 5) is 11.0. The van der Waals surface area contributed by atoms with Gasteiger partial charge in [0.15, 0.2) is 0 Å². The van der Waals surface area contributed by atoms with Crippen molar-refractivity contribution in [3.63, 3.8) is 0 Å². The second-order valence-corrected chi connectivity index (χ2v) is 2.96. The monoisotopic (exact) mass is 233 g/mol. The van der Waals surface area contributed by atoms with Crippen molar-refractivity contribution in [2.45, 2.75) is 12.5 Å². The van der Waals surface area contributed by atoms with Crippen LogP contribution in [0.4, 0.5) is 4.39 Å². The van der Waals surface area contributed by atoms with Crippen LogP contribution in [-0.2, 0) is 16.0 Å². The normalized spacial score (nSPS) is 11.4. The molecule has 3 nitrogen and oxygen atoms in total. The van der Waals surface area contributed by atoms with Gasteiger partial charge in [-0.1, -0.05) is 12.1 Å². The predicted octanol–water partition coefficient (Wildman–Crippen LogP) is 1.29. The van der Waals surface area contributed by atoms with E-state index in [1.165, 1.54) is 19.2 Å². The Morgan fingerprint density at radius 3 is 2.80 bits per heavy atom. The van der Waals surface area contributed by atoms with Gasteiger partial charge in [0.1, 0.15) is 11.9 Å². The maximum absolute atomic E-state index is 12.7. The molecule has 0 radical (unpaired) electrons. The van der Waals surface area contributed by atoms with E-state index in [2.05, 4.69) is 4.74 Å². The minimum Gasteiger partial charge on any atom is -0.468 e. The number of carbonyl (C=O) groups excluding carboxylic acids is 1. The van der Waals surface area contributed by atoms with Crippen LogP contribution in [0.2, 0.25) is 0 Å². The molecule has 0 aliphatic heterocycles. The highest BCUT2D eigenvalue weighted by Crippen LogP contribution is 2.06. The van der Waals surface area contributed by atoms with Gasteiger partial charge in [-0.25, -0.2) is 4.39 Å². The van der Waals surface area contributed by atoms with E-state index in [1.54, 1.807) is 12.1 Å². The van der Waals surface area contributed by atoms with Gasteiger partial charge in [0.25, 0.3) is 0 Å². The molecule has 5 heteroatoms. The minimum absolute atomic E-state index is 0. The molecule has 0 bridgehead atoms. The molecule has 0 aliphatic rings. The van der Waals surface area contributed by atoms with Gasteiger partial charge >= 0.3 is 5.97 Å². The lowest BCUT2D eigenvalue weighted by atomic mass is 10.1. The van der Waals surface area contributed by atoms with Gasteiger partial charge in [-0.2, -0.15) is 0 Å². The van der Waals surface area contributed by atoms with E-state index in [9.17, 15) is 9.18 Å². The molecule has 1 aromatic rings. The summed E-state index contributed by atoms with van der Waals surface area (Å²) >= 11 is 0. The highest BCUT2D eigenvalue weighted by Gasteiger charge is 2.13. The smallest absolute Gasteiger partial charge is 0.322 e. The fraction of sp³-hybridized carbons (Fsp3) is 0.300. The van der Waals surface area contributed by atoms with Crippen molar-refractivity contribution in [2.75, 3.05) is 7.11 Å². The number of halogens is 2. The third kappa shape index (κ3) is 4.27. The lowest BCUT2D eigenvalue weighted by Crippen LogP contribution is -2.33. The summed E-state index contributed by atoms with van der Waals surface area (Å²) < 4.78 is 17.2. The van der Waals surface area contributed by atoms with Crippen molar-refractivity contribution in [2.24, 2.45) is 5.73 Å². The Kier molecular flexibility index (Phi) is 5.89. The first-order valence-electron chi connectivity index (χ1n) is 4.21. The quantitative estimate of drug-likeness (QED) is 0.801. The maximum atomic E-state index is 12.7. The minimum atomic E-state index is -0.734. The number of ether oxygens (including phenoxy) is 1. The van der Waals surface area contributed by atoms with Crippen LogP contribution < -0.4 is 5.73 Å². The number of rotatable bonds is 3. The zero-order valence-corrected chi connectivity index (χ0v) is 9.09. The Hall–Kier alpha value is -1.13. The van der Waals surface area contributed by atoms with Crippen LogP contribution in [0.5, 0.6) is 0 Å². The molecule has 1 aromatic carbocycles. The van der Waals surface area contributed by atoms with E-state index in [0.29, 0.717) is 5.56 Å². The molecule has 0 saturated carbocycles. The molecular formula is C10H13ClFNO2. The predicted molar refractivity (Wildman–Crippen MR) is 57.3 cm³/mol. The summed E-state index contributed by atoms with van der Waals surface area (Å²) in [5.74, 6) is -0.825. The van der Waals surface area contributed by atoms with E-state index in [0.717, 1.165) is 0 Å². The molecule has 15 heavy (non-hydrogen) atoms. The van der Waals surface area contributed by atoms with Crippen LogP contribution in [0.3, 0.4) is 0 Å². The second kappa shape index (κ2) is 6.37. The van der Waals surface area contributed by atoms with Gasteiger partial charge in [-0.05, 0) is 24.1 Å². The van der Waals surface area contributed by atoms with E-state index in [1.807, 2.05) is 0 Å². The van der Waals surface area contributed by atoms with Crippen LogP contribution in [0.15, 0.2) is 24.3 Å². The van der Waals surface area contributed by atoms with Crippen LogP contribution in [-0.4, -0.2) is 19.1 Å². The van der Waals surface area contributed by atoms with Gasteiger partial charge in [0.2, 0.25) is 0 Å². The Morgan fingerprint density at radius 1 is 1.60 bits per heavy atom. The fourth-order valence-electron chi connectivity index (χ4n) is 1.15. The number of nitrogens with two attached hydrogens (primary N) is 1. The van der Waals surface area contributed by atoms with Crippen molar-refractivity contribution in [3.05, 3.63) is 35.6 Å². The number of benzene rings is 1. The maximum Gasteiger partial charge on any atom is 0.322 e. The van der Waals surface area contributed by atoms with Crippen molar-refractivity contribution in [3.8, 4) is 0 Å². The van der Waals surface area contributed by atoms with E-state index < -0.39 is 12.0 Å². The third-order valence-corrected chi connectivity index (χ3v) is 1.85. The number of hydrogen-bond acceptors (Lipinski definition) is 3. The summed E-state index contributed by atoms with van der Waals surface area (Å²) in [6, 6.07) is 5.25. The van der Waals surface area contributed by atoms with Gasteiger partial charge in [-0.15, -0.1) is 12.4 Å². The van der Waals surface area contributed by atoms with Crippen molar-refractivity contribution in [1.82, 2.24) is 0 Å². The van der Waals surface area contributed by atoms with Crippen LogP contribution in [0.1, 0.15) is 5.56 Å². The average Bonchev–Trinajstić information content (AvgIpc) is 2.16. The molecule has 1 rings (SSSR count). The van der Waals surface area contributed by atoms with Crippen molar-refractivity contribution in [1.29, 1.82) is 0 Å². The lowest BCUT2D eigenvalue weighted by Gasteiger charge is -2.08. The molecule has 2 N–H and O–H groups in total. The summed E-state index contributed by atoms with van der Waals surface area (Å²) in [6.45, 7) is 0.